The van der Waals surface area contributed by atoms with Gasteiger partial charge >= 0.3 is 6.09 Å². The van der Waals surface area contributed by atoms with E-state index in [1.807, 2.05) is 0 Å². The van der Waals surface area contributed by atoms with Crippen LogP contribution in [0.25, 0.3) is 0 Å². The zero-order valence-corrected chi connectivity index (χ0v) is 8.80. The number of carbonyl (C=O) groups is 1. The van der Waals surface area contributed by atoms with Gasteiger partial charge in [0.25, 0.3) is 0 Å². The van der Waals surface area contributed by atoms with Crippen molar-refractivity contribution in [3.05, 3.63) is 18.3 Å². The fourth-order valence-corrected chi connectivity index (χ4v) is 0.985. The molecule has 0 aliphatic rings. The molecule has 0 aromatic carbocycles. The molecule has 0 radical (unpaired) electrons. The molecule has 15 heavy (non-hydrogen) atoms. The van der Waals surface area contributed by atoms with Crippen LogP contribution >= 0.6 is 12.2 Å². The molecule has 1 heterocycles. The van der Waals surface area contributed by atoms with Gasteiger partial charge in [-0.15, -0.1) is 0 Å². The Bertz CT molecular complexity index is 383. The topological polar surface area (TPSA) is 89.3 Å². The van der Waals surface area contributed by atoms with E-state index in [0.29, 0.717) is 11.5 Å². The lowest BCUT2D eigenvalue weighted by Gasteiger charge is -2.08. The number of rotatable bonds is 1. The van der Waals surface area contributed by atoms with E-state index in [9.17, 15) is 4.79 Å². The molecule has 4 N–H and O–H groups in total. The summed E-state index contributed by atoms with van der Waals surface area (Å²) in [5, 5.41) is 5.00. The van der Waals surface area contributed by atoms with Gasteiger partial charge < -0.3 is 15.8 Å². The average Bonchev–Trinajstić information content (AvgIpc) is 2.21. The first-order valence-electron chi connectivity index (χ1n) is 4.00. The number of alkyl carbamates (subject to hydrolysis) is 1. The molecule has 1 aromatic heterocycles. The predicted octanol–water partition coefficient (Wildman–Crippen LogP) is 0.717. The number of amides is 1. The van der Waals surface area contributed by atoms with Gasteiger partial charge in [-0.1, -0.05) is 0 Å². The van der Waals surface area contributed by atoms with Crippen molar-refractivity contribution < 1.29 is 9.53 Å². The Labute approximate surface area is 91.8 Å². The molecule has 6 nitrogen and oxygen atoms in total. The Morgan fingerprint density at radius 2 is 2.40 bits per heavy atom. The largest absolute Gasteiger partial charge is 0.453 e. The number of nitrogens with one attached hydrogen (secondary N) is 2. The van der Waals surface area contributed by atoms with Crippen LogP contribution in [-0.2, 0) is 4.74 Å². The SMILES string of the molecule is COC(=O)NC(=S)Nc1ncccc1N. The van der Waals surface area contributed by atoms with Crippen LogP contribution in [0, 0.1) is 0 Å². The van der Waals surface area contributed by atoms with Crippen LogP contribution in [0.3, 0.4) is 0 Å². The van der Waals surface area contributed by atoms with Crippen molar-refractivity contribution in [1.82, 2.24) is 10.3 Å². The van der Waals surface area contributed by atoms with E-state index < -0.39 is 6.09 Å². The smallest absolute Gasteiger partial charge is 0.413 e. The third kappa shape index (κ3) is 3.39. The normalized spacial score (nSPS) is 9.13. The highest BCUT2D eigenvalue weighted by atomic mass is 32.1. The Kier molecular flexibility index (Phi) is 3.81. The predicted molar refractivity (Wildman–Crippen MR) is 60.4 cm³/mol. The number of hydrogen-bond donors (Lipinski definition) is 3. The summed E-state index contributed by atoms with van der Waals surface area (Å²) in [6, 6.07) is 3.35. The quantitative estimate of drug-likeness (QED) is 0.611. The van der Waals surface area contributed by atoms with Crippen molar-refractivity contribution in [3.63, 3.8) is 0 Å². The number of nitrogens with two attached hydrogens (primary N) is 1. The molecule has 0 fully saturated rings. The third-order valence-electron chi connectivity index (χ3n) is 1.47. The van der Waals surface area contributed by atoms with Crippen molar-refractivity contribution >= 4 is 34.9 Å². The van der Waals surface area contributed by atoms with Gasteiger partial charge in [-0.3, -0.25) is 5.32 Å². The van der Waals surface area contributed by atoms with E-state index in [1.54, 1.807) is 18.3 Å². The van der Waals surface area contributed by atoms with Crippen molar-refractivity contribution in [2.24, 2.45) is 0 Å². The van der Waals surface area contributed by atoms with Gasteiger partial charge in [-0.25, -0.2) is 9.78 Å². The molecule has 0 aliphatic heterocycles. The molecule has 0 bridgehead atoms. The number of ether oxygens (including phenoxy) is 1. The molecule has 0 saturated heterocycles. The zero-order valence-electron chi connectivity index (χ0n) is 7.98. The monoisotopic (exact) mass is 226 g/mol. The molecular weight excluding hydrogens is 216 g/mol. The Morgan fingerprint density at radius 3 is 3.00 bits per heavy atom. The van der Waals surface area contributed by atoms with Gasteiger partial charge in [0.2, 0.25) is 0 Å². The minimum absolute atomic E-state index is 0.0762. The summed E-state index contributed by atoms with van der Waals surface area (Å²) in [7, 11) is 1.24. The van der Waals surface area contributed by atoms with Crippen LogP contribution < -0.4 is 16.4 Å². The summed E-state index contributed by atoms with van der Waals surface area (Å²) in [5.74, 6) is 0.388. The van der Waals surface area contributed by atoms with E-state index >= 15 is 0 Å². The molecule has 80 valence electrons. The molecule has 0 saturated carbocycles. The fourth-order valence-electron chi connectivity index (χ4n) is 0.805. The second kappa shape index (κ2) is 5.11. The number of carbonyl (C=O) groups excluding carboxylic acids is 1. The van der Waals surface area contributed by atoms with Crippen molar-refractivity contribution in [2.75, 3.05) is 18.2 Å². The van der Waals surface area contributed by atoms with Gasteiger partial charge in [0, 0.05) is 6.20 Å². The van der Waals surface area contributed by atoms with Gasteiger partial charge in [-0.2, -0.15) is 0 Å². The lowest BCUT2D eigenvalue weighted by molar-refractivity contribution is 0.177. The number of anilines is 2. The summed E-state index contributed by atoms with van der Waals surface area (Å²) in [4.78, 5) is 14.7. The fraction of sp³-hybridized carbons (Fsp3) is 0.125. The van der Waals surface area contributed by atoms with Gasteiger partial charge in [0.15, 0.2) is 10.9 Å². The third-order valence-corrected chi connectivity index (χ3v) is 1.68. The summed E-state index contributed by atoms with van der Waals surface area (Å²) in [6.45, 7) is 0. The van der Waals surface area contributed by atoms with E-state index in [2.05, 4.69) is 20.4 Å². The number of thiocarbonyl (C=S) groups is 1. The molecule has 0 aliphatic carbocycles. The molecule has 1 amide bonds. The van der Waals surface area contributed by atoms with E-state index in [0.717, 1.165) is 0 Å². The molecule has 0 atom stereocenters. The number of nitrogens with zero attached hydrogens (tertiary/aromatic N) is 1. The van der Waals surface area contributed by atoms with E-state index in [4.69, 9.17) is 18.0 Å². The van der Waals surface area contributed by atoms with Crippen LogP contribution in [-0.4, -0.2) is 23.3 Å². The minimum Gasteiger partial charge on any atom is -0.453 e. The van der Waals surface area contributed by atoms with Gasteiger partial charge in [0.05, 0.1) is 12.8 Å². The minimum atomic E-state index is -0.651. The second-order valence-corrected chi connectivity index (χ2v) is 2.92. The highest BCUT2D eigenvalue weighted by Gasteiger charge is 2.05. The van der Waals surface area contributed by atoms with Crippen molar-refractivity contribution in [1.29, 1.82) is 0 Å². The highest BCUT2D eigenvalue weighted by Crippen LogP contribution is 2.12. The van der Waals surface area contributed by atoms with Crippen LogP contribution in [0.4, 0.5) is 16.3 Å². The molecule has 1 aromatic rings. The van der Waals surface area contributed by atoms with Gasteiger partial charge in [0.1, 0.15) is 0 Å². The highest BCUT2D eigenvalue weighted by molar-refractivity contribution is 7.80. The number of methoxy groups -OCH3 is 1. The maximum absolute atomic E-state index is 10.8. The molecule has 7 heteroatoms. The molecular formula is C8H10N4O2S. The Balaban J connectivity index is 2.59. The first-order valence-corrected chi connectivity index (χ1v) is 4.40. The lowest BCUT2D eigenvalue weighted by atomic mass is 10.4. The van der Waals surface area contributed by atoms with Gasteiger partial charge in [-0.05, 0) is 24.4 Å². The maximum atomic E-state index is 10.8. The summed E-state index contributed by atoms with van der Waals surface area (Å²) >= 11 is 4.82. The standard InChI is InChI=1S/C8H10N4O2S/c1-14-8(13)12-7(15)11-6-5(9)3-2-4-10-6/h2-4H,9H2,1H3,(H2,10,11,12,13,15). The molecule has 0 unspecified atom stereocenters. The summed E-state index contributed by atoms with van der Waals surface area (Å²) in [6.07, 6.45) is 0.904. The summed E-state index contributed by atoms with van der Waals surface area (Å²) in [5.41, 5.74) is 6.04. The Morgan fingerprint density at radius 1 is 1.67 bits per heavy atom. The molecule has 1 rings (SSSR count). The van der Waals surface area contributed by atoms with Crippen LogP contribution in [0.5, 0.6) is 0 Å². The van der Waals surface area contributed by atoms with E-state index in [-0.39, 0.29) is 5.11 Å². The number of hydrogen-bond acceptors (Lipinski definition) is 5. The summed E-state index contributed by atoms with van der Waals surface area (Å²) < 4.78 is 4.36. The first kappa shape index (κ1) is 11.2. The number of pyridine rings is 1. The second-order valence-electron chi connectivity index (χ2n) is 2.51. The van der Waals surface area contributed by atoms with Crippen molar-refractivity contribution in [2.45, 2.75) is 0 Å². The number of aromatic nitrogens is 1. The van der Waals surface area contributed by atoms with Crippen LogP contribution in [0.15, 0.2) is 18.3 Å². The average molecular weight is 226 g/mol. The lowest BCUT2D eigenvalue weighted by Crippen LogP contribution is -2.34. The van der Waals surface area contributed by atoms with Crippen LogP contribution in [0.2, 0.25) is 0 Å². The first-order chi connectivity index (χ1) is 7.13. The van der Waals surface area contributed by atoms with E-state index in [1.165, 1.54) is 7.11 Å². The van der Waals surface area contributed by atoms with Crippen molar-refractivity contribution in [3.8, 4) is 0 Å². The zero-order chi connectivity index (χ0) is 11.3. The van der Waals surface area contributed by atoms with Crippen LogP contribution in [0.1, 0.15) is 0 Å². The number of nitrogen functional groups attached to an aromatic ring is 1. The maximum Gasteiger partial charge on any atom is 0.413 e. The Hall–Kier alpha value is -1.89. The molecule has 0 spiro atoms.